The maximum atomic E-state index is 5.86. The van der Waals surface area contributed by atoms with Crippen LogP contribution >= 0.6 is 27.5 Å². The predicted molar refractivity (Wildman–Crippen MR) is 78.8 cm³/mol. The molecule has 2 heterocycles. The van der Waals surface area contributed by atoms with E-state index in [2.05, 4.69) is 25.9 Å². The summed E-state index contributed by atoms with van der Waals surface area (Å²) in [6, 6.07) is 11.3. The second-order valence-electron chi connectivity index (χ2n) is 3.87. The highest BCUT2D eigenvalue weighted by atomic mass is 79.9. The van der Waals surface area contributed by atoms with Crippen LogP contribution in [0.3, 0.4) is 0 Å². The molecule has 3 nitrogen and oxygen atoms in total. The Kier molecular flexibility index (Phi) is 3.36. The lowest BCUT2D eigenvalue weighted by atomic mass is 10.2. The van der Waals surface area contributed by atoms with E-state index in [1.54, 1.807) is 18.5 Å². The summed E-state index contributed by atoms with van der Waals surface area (Å²) < 4.78 is 6.53. The first kappa shape index (κ1) is 12.4. The molecule has 0 fully saturated rings. The van der Waals surface area contributed by atoms with Crippen molar-refractivity contribution < 1.29 is 4.74 Å². The van der Waals surface area contributed by atoms with Gasteiger partial charge in [0, 0.05) is 17.8 Å². The van der Waals surface area contributed by atoms with E-state index >= 15 is 0 Å². The minimum atomic E-state index is 0.473. The lowest BCUT2D eigenvalue weighted by Crippen LogP contribution is -1.90. The number of pyridine rings is 2. The molecule has 0 amide bonds. The molecule has 2 aromatic heterocycles. The molecular formula is C14H8BrClN2O. The van der Waals surface area contributed by atoms with Crippen LogP contribution in [0, 0.1) is 0 Å². The third-order valence-electron chi connectivity index (χ3n) is 2.59. The molecule has 0 aliphatic carbocycles. The Morgan fingerprint density at radius 2 is 2.00 bits per heavy atom. The van der Waals surface area contributed by atoms with Gasteiger partial charge in [-0.25, -0.2) is 4.98 Å². The summed E-state index contributed by atoms with van der Waals surface area (Å²) in [5.41, 5.74) is 0.880. The first-order chi connectivity index (χ1) is 9.24. The third kappa shape index (κ3) is 2.55. The van der Waals surface area contributed by atoms with Crippen LogP contribution in [-0.2, 0) is 0 Å². The topological polar surface area (TPSA) is 35.0 Å². The summed E-state index contributed by atoms with van der Waals surface area (Å²) in [6.07, 6.45) is 3.30. The standard InChI is InChI=1S/C14H8BrClN2O/c15-11-7-9(16)8-18-14(11)19-13-5-1-4-12-10(13)3-2-6-17-12/h1-8H. The van der Waals surface area contributed by atoms with Gasteiger partial charge in [0.25, 0.3) is 0 Å². The Morgan fingerprint density at radius 3 is 2.84 bits per heavy atom. The summed E-state index contributed by atoms with van der Waals surface area (Å²) in [4.78, 5) is 8.45. The van der Waals surface area contributed by atoms with E-state index in [9.17, 15) is 0 Å². The number of hydrogen-bond donors (Lipinski definition) is 0. The molecule has 0 atom stereocenters. The van der Waals surface area contributed by atoms with Gasteiger partial charge < -0.3 is 4.74 Å². The highest BCUT2D eigenvalue weighted by Gasteiger charge is 2.08. The fraction of sp³-hybridized carbons (Fsp3) is 0. The van der Waals surface area contributed by atoms with Crippen LogP contribution < -0.4 is 4.74 Å². The van der Waals surface area contributed by atoms with Crippen LogP contribution in [0.15, 0.2) is 53.3 Å². The molecule has 3 aromatic rings. The number of rotatable bonds is 2. The summed E-state index contributed by atoms with van der Waals surface area (Å²) in [6.45, 7) is 0. The molecule has 0 aliphatic heterocycles. The zero-order valence-corrected chi connectivity index (χ0v) is 12.0. The van der Waals surface area contributed by atoms with E-state index < -0.39 is 0 Å². The molecule has 0 saturated carbocycles. The molecule has 0 N–H and O–H groups in total. The second kappa shape index (κ2) is 5.15. The number of nitrogens with zero attached hydrogens (tertiary/aromatic N) is 2. The number of fused-ring (bicyclic) bond motifs is 1. The Morgan fingerprint density at radius 1 is 1.11 bits per heavy atom. The van der Waals surface area contributed by atoms with Gasteiger partial charge in [-0.15, -0.1) is 0 Å². The summed E-state index contributed by atoms with van der Waals surface area (Å²) in [5, 5.41) is 1.49. The van der Waals surface area contributed by atoms with E-state index in [4.69, 9.17) is 16.3 Å². The first-order valence-corrected chi connectivity index (χ1v) is 6.74. The zero-order chi connectivity index (χ0) is 13.2. The van der Waals surface area contributed by atoms with E-state index in [0.717, 1.165) is 10.9 Å². The minimum absolute atomic E-state index is 0.473. The van der Waals surface area contributed by atoms with Crippen molar-refractivity contribution in [3.63, 3.8) is 0 Å². The quantitative estimate of drug-likeness (QED) is 0.672. The molecule has 1 aromatic carbocycles. The van der Waals surface area contributed by atoms with Crippen molar-refractivity contribution in [2.75, 3.05) is 0 Å². The van der Waals surface area contributed by atoms with Crippen LogP contribution in [0.5, 0.6) is 11.6 Å². The highest BCUT2D eigenvalue weighted by Crippen LogP contribution is 2.32. The normalized spacial score (nSPS) is 10.6. The van der Waals surface area contributed by atoms with Gasteiger partial charge >= 0.3 is 0 Å². The minimum Gasteiger partial charge on any atom is -0.437 e. The lowest BCUT2D eigenvalue weighted by Gasteiger charge is -2.09. The zero-order valence-electron chi connectivity index (χ0n) is 9.68. The molecule has 19 heavy (non-hydrogen) atoms. The molecule has 94 valence electrons. The van der Waals surface area contributed by atoms with Gasteiger partial charge in [0.2, 0.25) is 5.88 Å². The molecule has 0 saturated heterocycles. The van der Waals surface area contributed by atoms with Crippen LogP contribution in [0.4, 0.5) is 0 Å². The average Bonchev–Trinajstić information content (AvgIpc) is 2.42. The summed E-state index contributed by atoms with van der Waals surface area (Å²) >= 11 is 9.24. The van der Waals surface area contributed by atoms with Gasteiger partial charge in [0.15, 0.2) is 0 Å². The molecule has 0 radical (unpaired) electrons. The lowest BCUT2D eigenvalue weighted by molar-refractivity contribution is 0.465. The molecule has 5 heteroatoms. The molecule has 0 aliphatic rings. The maximum Gasteiger partial charge on any atom is 0.233 e. The fourth-order valence-corrected chi connectivity index (χ4v) is 2.47. The maximum absolute atomic E-state index is 5.86. The van der Waals surface area contributed by atoms with Crippen molar-refractivity contribution in [3.8, 4) is 11.6 Å². The Hall–Kier alpha value is -1.65. The first-order valence-electron chi connectivity index (χ1n) is 5.57. The van der Waals surface area contributed by atoms with Gasteiger partial charge in [-0.2, -0.15) is 0 Å². The van der Waals surface area contributed by atoms with Crippen molar-refractivity contribution in [2.24, 2.45) is 0 Å². The van der Waals surface area contributed by atoms with Crippen molar-refractivity contribution in [1.82, 2.24) is 9.97 Å². The number of ether oxygens (including phenoxy) is 1. The van der Waals surface area contributed by atoms with E-state index in [-0.39, 0.29) is 0 Å². The largest absolute Gasteiger partial charge is 0.437 e. The van der Waals surface area contributed by atoms with Crippen LogP contribution in [-0.4, -0.2) is 9.97 Å². The van der Waals surface area contributed by atoms with E-state index in [0.29, 0.717) is 21.1 Å². The van der Waals surface area contributed by atoms with Crippen molar-refractivity contribution in [1.29, 1.82) is 0 Å². The van der Waals surface area contributed by atoms with E-state index in [1.807, 2.05) is 30.3 Å². The molecule has 0 unspecified atom stereocenters. The van der Waals surface area contributed by atoms with Crippen LogP contribution in [0.1, 0.15) is 0 Å². The molecule has 0 spiro atoms. The number of hydrogen-bond acceptors (Lipinski definition) is 3. The van der Waals surface area contributed by atoms with Gasteiger partial charge in [0.1, 0.15) is 5.75 Å². The molecular weight excluding hydrogens is 328 g/mol. The number of aromatic nitrogens is 2. The van der Waals surface area contributed by atoms with Crippen molar-refractivity contribution in [2.45, 2.75) is 0 Å². The number of benzene rings is 1. The summed E-state index contributed by atoms with van der Waals surface area (Å²) in [7, 11) is 0. The Bertz CT molecular complexity index is 743. The fourth-order valence-electron chi connectivity index (χ4n) is 1.75. The van der Waals surface area contributed by atoms with Crippen LogP contribution in [0.25, 0.3) is 10.9 Å². The monoisotopic (exact) mass is 334 g/mol. The van der Waals surface area contributed by atoms with Gasteiger partial charge in [-0.3, -0.25) is 4.98 Å². The van der Waals surface area contributed by atoms with Gasteiger partial charge in [0.05, 0.1) is 15.0 Å². The SMILES string of the molecule is Clc1cnc(Oc2cccc3ncccc23)c(Br)c1. The second-order valence-corrected chi connectivity index (χ2v) is 5.16. The molecule has 0 bridgehead atoms. The summed E-state index contributed by atoms with van der Waals surface area (Å²) in [5.74, 6) is 1.18. The number of halogens is 2. The predicted octanol–water partition coefficient (Wildman–Crippen LogP) is 4.84. The van der Waals surface area contributed by atoms with E-state index in [1.165, 1.54) is 0 Å². The van der Waals surface area contributed by atoms with Crippen molar-refractivity contribution in [3.05, 3.63) is 58.3 Å². The Labute approximate surface area is 123 Å². The van der Waals surface area contributed by atoms with Gasteiger partial charge in [-0.05, 0) is 46.3 Å². The van der Waals surface area contributed by atoms with Crippen molar-refractivity contribution >= 4 is 38.4 Å². The smallest absolute Gasteiger partial charge is 0.233 e. The third-order valence-corrected chi connectivity index (χ3v) is 3.36. The highest BCUT2D eigenvalue weighted by molar-refractivity contribution is 9.10. The Balaban J connectivity index is 2.06. The van der Waals surface area contributed by atoms with Crippen LogP contribution in [0.2, 0.25) is 5.02 Å². The molecule has 3 rings (SSSR count). The van der Waals surface area contributed by atoms with Gasteiger partial charge in [-0.1, -0.05) is 17.7 Å². The average molecular weight is 336 g/mol.